The second-order valence-electron chi connectivity index (χ2n) is 6.36. The minimum Gasteiger partial charge on any atom is -0.497 e. The molecule has 1 aromatic carbocycles. The molecule has 1 aliphatic heterocycles. The van der Waals surface area contributed by atoms with Gasteiger partial charge in [-0.3, -0.25) is 4.90 Å². The minimum absolute atomic E-state index is 0.575. The Balaban J connectivity index is 1.49. The van der Waals surface area contributed by atoms with Crippen LogP contribution >= 0.6 is 0 Å². The van der Waals surface area contributed by atoms with E-state index in [1.807, 2.05) is 30.5 Å². The average molecular weight is 329 g/mol. The first-order valence-electron chi connectivity index (χ1n) is 8.77. The van der Waals surface area contributed by atoms with E-state index in [1.165, 1.54) is 12.8 Å². The molecule has 0 unspecified atom stereocenters. The van der Waals surface area contributed by atoms with E-state index in [2.05, 4.69) is 27.6 Å². The van der Waals surface area contributed by atoms with Crippen LogP contribution in [0.15, 0.2) is 36.7 Å². The standard InChI is InChI=1S/C19H27N3O2/c1-3-22-12-10-20-19(22)14-21-11-4-5-16(13-21)15-24-18-8-6-17(23-2)7-9-18/h6-10,12,16H,3-5,11,13-15H2,1-2H3/t16-/m1/s1. The number of likely N-dealkylation sites (tertiary alicyclic amines) is 1. The number of aromatic nitrogens is 2. The molecule has 0 aliphatic carbocycles. The molecule has 0 spiro atoms. The number of benzene rings is 1. The molecule has 1 atom stereocenters. The SMILES string of the molecule is CCn1ccnc1CN1CCC[C@@H](COc2ccc(OC)cc2)C1. The lowest BCUT2D eigenvalue weighted by molar-refractivity contribution is 0.122. The highest BCUT2D eigenvalue weighted by Crippen LogP contribution is 2.21. The van der Waals surface area contributed by atoms with Crippen molar-refractivity contribution in [2.24, 2.45) is 5.92 Å². The zero-order valence-electron chi connectivity index (χ0n) is 14.6. The van der Waals surface area contributed by atoms with Crippen molar-refractivity contribution in [2.75, 3.05) is 26.8 Å². The summed E-state index contributed by atoms with van der Waals surface area (Å²) < 4.78 is 13.4. The lowest BCUT2D eigenvalue weighted by Gasteiger charge is -2.32. The first-order valence-corrected chi connectivity index (χ1v) is 8.77. The molecule has 0 N–H and O–H groups in total. The number of piperidine rings is 1. The predicted molar refractivity (Wildman–Crippen MR) is 94.4 cm³/mol. The van der Waals surface area contributed by atoms with Gasteiger partial charge in [0.1, 0.15) is 17.3 Å². The highest BCUT2D eigenvalue weighted by Gasteiger charge is 2.21. The van der Waals surface area contributed by atoms with Crippen molar-refractivity contribution in [1.29, 1.82) is 0 Å². The predicted octanol–water partition coefficient (Wildman–Crippen LogP) is 3.20. The third-order valence-corrected chi connectivity index (χ3v) is 4.66. The van der Waals surface area contributed by atoms with E-state index >= 15 is 0 Å². The molecule has 130 valence electrons. The van der Waals surface area contributed by atoms with Crippen molar-refractivity contribution in [2.45, 2.75) is 32.9 Å². The molecule has 1 fully saturated rings. The summed E-state index contributed by atoms with van der Waals surface area (Å²) in [7, 11) is 1.68. The summed E-state index contributed by atoms with van der Waals surface area (Å²) in [6, 6.07) is 7.81. The molecule has 0 saturated carbocycles. The Morgan fingerprint density at radius 3 is 2.75 bits per heavy atom. The van der Waals surface area contributed by atoms with E-state index in [-0.39, 0.29) is 0 Å². The van der Waals surface area contributed by atoms with Gasteiger partial charge in [-0.25, -0.2) is 4.98 Å². The summed E-state index contributed by atoms with van der Waals surface area (Å²) in [6.07, 6.45) is 6.41. The zero-order valence-corrected chi connectivity index (χ0v) is 14.6. The van der Waals surface area contributed by atoms with Crippen LogP contribution in [0.2, 0.25) is 0 Å². The summed E-state index contributed by atoms with van der Waals surface area (Å²) in [5.74, 6) is 3.51. The number of hydrogen-bond acceptors (Lipinski definition) is 4. The van der Waals surface area contributed by atoms with Crippen LogP contribution in [0.25, 0.3) is 0 Å². The maximum atomic E-state index is 5.97. The van der Waals surface area contributed by atoms with Gasteiger partial charge in [0.2, 0.25) is 0 Å². The molecule has 5 heteroatoms. The molecule has 2 aromatic rings. The van der Waals surface area contributed by atoms with Crippen molar-refractivity contribution >= 4 is 0 Å². The first kappa shape index (κ1) is 16.8. The van der Waals surface area contributed by atoms with Crippen LogP contribution in [0.4, 0.5) is 0 Å². The number of imidazole rings is 1. The van der Waals surface area contributed by atoms with Crippen molar-refractivity contribution in [3.05, 3.63) is 42.5 Å². The molecule has 0 bridgehead atoms. The summed E-state index contributed by atoms with van der Waals surface area (Å²) >= 11 is 0. The molecule has 24 heavy (non-hydrogen) atoms. The quantitative estimate of drug-likeness (QED) is 0.782. The Morgan fingerprint density at radius 2 is 2.00 bits per heavy atom. The fourth-order valence-corrected chi connectivity index (χ4v) is 3.30. The molecule has 5 nitrogen and oxygen atoms in total. The molecule has 1 aliphatic rings. The van der Waals surface area contributed by atoms with Crippen LogP contribution in [0.3, 0.4) is 0 Å². The normalized spacial score (nSPS) is 18.5. The Hall–Kier alpha value is -2.01. The zero-order chi connectivity index (χ0) is 16.8. The van der Waals surface area contributed by atoms with Crippen LogP contribution in [0.5, 0.6) is 11.5 Å². The molecule has 2 heterocycles. The Bertz CT molecular complexity index is 624. The van der Waals surface area contributed by atoms with Gasteiger partial charge in [0.05, 0.1) is 20.3 Å². The Kier molecular flexibility index (Phi) is 5.75. The monoisotopic (exact) mass is 329 g/mol. The molecule has 1 saturated heterocycles. The number of methoxy groups -OCH3 is 1. The van der Waals surface area contributed by atoms with E-state index in [4.69, 9.17) is 9.47 Å². The first-order chi connectivity index (χ1) is 11.8. The van der Waals surface area contributed by atoms with E-state index in [0.29, 0.717) is 5.92 Å². The van der Waals surface area contributed by atoms with Crippen molar-refractivity contribution in [3.8, 4) is 11.5 Å². The van der Waals surface area contributed by atoms with Crippen LogP contribution in [0.1, 0.15) is 25.6 Å². The maximum Gasteiger partial charge on any atom is 0.122 e. The van der Waals surface area contributed by atoms with Gasteiger partial charge >= 0.3 is 0 Å². The number of nitrogens with zero attached hydrogens (tertiary/aromatic N) is 3. The fraction of sp³-hybridized carbons (Fsp3) is 0.526. The van der Waals surface area contributed by atoms with Gasteiger partial charge in [0.15, 0.2) is 0 Å². The van der Waals surface area contributed by atoms with Crippen LogP contribution in [-0.4, -0.2) is 41.3 Å². The van der Waals surface area contributed by atoms with Crippen LogP contribution < -0.4 is 9.47 Å². The van der Waals surface area contributed by atoms with Crippen LogP contribution in [0, 0.1) is 5.92 Å². The minimum atomic E-state index is 0.575. The van der Waals surface area contributed by atoms with E-state index < -0.39 is 0 Å². The lowest BCUT2D eigenvalue weighted by Crippen LogP contribution is -2.37. The Morgan fingerprint density at radius 1 is 1.21 bits per heavy atom. The van der Waals surface area contributed by atoms with Crippen molar-refractivity contribution in [1.82, 2.24) is 14.5 Å². The highest BCUT2D eigenvalue weighted by atomic mass is 16.5. The lowest BCUT2D eigenvalue weighted by atomic mass is 9.99. The third kappa shape index (κ3) is 4.29. The van der Waals surface area contributed by atoms with E-state index in [0.717, 1.165) is 50.1 Å². The molecule has 0 amide bonds. The number of ether oxygens (including phenoxy) is 2. The van der Waals surface area contributed by atoms with Gasteiger partial charge in [-0.2, -0.15) is 0 Å². The highest BCUT2D eigenvalue weighted by molar-refractivity contribution is 5.31. The molecular formula is C19H27N3O2. The maximum absolute atomic E-state index is 5.97. The smallest absolute Gasteiger partial charge is 0.122 e. The van der Waals surface area contributed by atoms with Gasteiger partial charge in [0.25, 0.3) is 0 Å². The number of rotatable bonds is 7. The summed E-state index contributed by atoms with van der Waals surface area (Å²) in [5, 5.41) is 0. The van der Waals surface area contributed by atoms with Gasteiger partial charge in [-0.15, -0.1) is 0 Å². The Labute approximate surface area is 144 Å². The number of hydrogen-bond donors (Lipinski definition) is 0. The molecule has 0 radical (unpaired) electrons. The topological polar surface area (TPSA) is 39.5 Å². The number of aryl methyl sites for hydroxylation is 1. The fourth-order valence-electron chi connectivity index (χ4n) is 3.30. The summed E-state index contributed by atoms with van der Waals surface area (Å²) in [5.41, 5.74) is 0. The second-order valence-corrected chi connectivity index (χ2v) is 6.36. The molecule has 3 rings (SSSR count). The van der Waals surface area contributed by atoms with Crippen molar-refractivity contribution in [3.63, 3.8) is 0 Å². The second kappa shape index (κ2) is 8.20. The van der Waals surface area contributed by atoms with Crippen LogP contribution in [-0.2, 0) is 13.1 Å². The summed E-state index contributed by atoms with van der Waals surface area (Å²) in [6.45, 7) is 7.06. The summed E-state index contributed by atoms with van der Waals surface area (Å²) in [4.78, 5) is 6.99. The molecular weight excluding hydrogens is 302 g/mol. The molecule has 1 aromatic heterocycles. The van der Waals surface area contributed by atoms with E-state index in [9.17, 15) is 0 Å². The van der Waals surface area contributed by atoms with E-state index in [1.54, 1.807) is 7.11 Å². The van der Waals surface area contributed by atoms with Crippen molar-refractivity contribution < 1.29 is 9.47 Å². The van der Waals surface area contributed by atoms with Gasteiger partial charge < -0.3 is 14.0 Å². The largest absolute Gasteiger partial charge is 0.497 e. The third-order valence-electron chi connectivity index (χ3n) is 4.66. The van der Waals surface area contributed by atoms with Gasteiger partial charge in [-0.1, -0.05) is 0 Å². The average Bonchev–Trinajstić information content (AvgIpc) is 3.08. The van der Waals surface area contributed by atoms with Gasteiger partial charge in [-0.05, 0) is 50.6 Å². The van der Waals surface area contributed by atoms with Gasteiger partial charge in [0, 0.05) is 31.4 Å².